The van der Waals surface area contributed by atoms with Gasteiger partial charge in [-0.1, -0.05) is 18.2 Å². The number of nitrogens with zero attached hydrogens (tertiary/aromatic N) is 3. The highest BCUT2D eigenvalue weighted by molar-refractivity contribution is 5.88. The van der Waals surface area contributed by atoms with Crippen molar-refractivity contribution < 1.29 is 14.7 Å². The number of likely N-dealkylation sites (tertiary alicyclic amines) is 1. The molecule has 2 heterocycles. The minimum absolute atomic E-state index is 0.0298. The lowest BCUT2D eigenvalue weighted by Crippen LogP contribution is -2.44. The Morgan fingerprint density at radius 1 is 1.24 bits per heavy atom. The molecule has 7 nitrogen and oxygen atoms in total. The molecule has 1 aromatic heterocycles. The summed E-state index contributed by atoms with van der Waals surface area (Å²) in [5.74, 6) is -0.0424. The molecule has 1 amide bonds. The van der Waals surface area contributed by atoms with Gasteiger partial charge >= 0.3 is 5.97 Å². The number of aryl methyl sites for hydroxylation is 1. The van der Waals surface area contributed by atoms with E-state index in [-0.39, 0.29) is 18.1 Å². The molecular formula is C22H26N4O3. The lowest BCUT2D eigenvalue weighted by Gasteiger charge is -2.33. The SMILES string of the molecule is Cc1ccccc1NC1CCN(C(=O)Cn2nc(C(=O)O)c3c2C[C@H]2C[C@@H]32)CC1. The maximum atomic E-state index is 12.9. The molecule has 7 heteroatoms. The van der Waals surface area contributed by atoms with E-state index in [1.54, 1.807) is 4.68 Å². The number of rotatable bonds is 5. The van der Waals surface area contributed by atoms with Crippen molar-refractivity contribution in [1.82, 2.24) is 14.7 Å². The van der Waals surface area contributed by atoms with Gasteiger partial charge in [0.1, 0.15) is 6.54 Å². The van der Waals surface area contributed by atoms with Gasteiger partial charge in [-0.3, -0.25) is 9.48 Å². The highest BCUT2D eigenvalue weighted by Crippen LogP contribution is 2.57. The van der Waals surface area contributed by atoms with Crippen LogP contribution < -0.4 is 5.32 Å². The average Bonchev–Trinajstić information content (AvgIpc) is 3.23. The molecule has 2 atom stereocenters. The van der Waals surface area contributed by atoms with E-state index >= 15 is 0 Å². The summed E-state index contributed by atoms with van der Waals surface area (Å²) in [5.41, 5.74) is 4.39. The molecule has 1 saturated heterocycles. The summed E-state index contributed by atoms with van der Waals surface area (Å²) in [7, 11) is 0. The van der Waals surface area contributed by atoms with Crippen molar-refractivity contribution in [3.8, 4) is 0 Å². The van der Waals surface area contributed by atoms with E-state index in [9.17, 15) is 14.7 Å². The highest BCUT2D eigenvalue weighted by Gasteiger charge is 2.50. The fourth-order valence-corrected chi connectivity index (χ4v) is 4.94. The maximum absolute atomic E-state index is 12.9. The van der Waals surface area contributed by atoms with E-state index < -0.39 is 5.97 Å². The number of amides is 1. The standard InChI is InChI=1S/C22H26N4O3/c1-13-4-2-3-5-17(13)23-15-6-8-25(9-7-15)19(27)12-26-18-11-14-10-16(14)20(18)21(24-26)22(28)29/h2-5,14-16,23H,6-12H2,1H3,(H,28,29)/t14-,16-/m1/s1. The Labute approximate surface area is 169 Å². The van der Waals surface area contributed by atoms with E-state index in [1.165, 1.54) is 5.56 Å². The zero-order valence-corrected chi connectivity index (χ0v) is 16.6. The van der Waals surface area contributed by atoms with Gasteiger partial charge in [0.25, 0.3) is 0 Å². The van der Waals surface area contributed by atoms with Crippen LogP contribution in [0.25, 0.3) is 0 Å². The second kappa shape index (κ2) is 6.90. The molecular weight excluding hydrogens is 368 g/mol. The number of piperidine rings is 1. The Morgan fingerprint density at radius 2 is 2.00 bits per heavy atom. The Balaban J connectivity index is 1.21. The first-order valence-corrected chi connectivity index (χ1v) is 10.4. The summed E-state index contributed by atoms with van der Waals surface area (Å²) in [4.78, 5) is 26.3. The summed E-state index contributed by atoms with van der Waals surface area (Å²) < 4.78 is 1.66. The number of carboxylic acids is 1. The summed E-state index contributed by atoms with van der Waals surface area (Å²) in [5, 5.41) is 17.4. The van der Waals surface area contributed by atoms with Crippen LogP contribution in [0.4, 0.5) is 5.69 Å². The molecule has 2 aromatic rings. The van der Waals surface area contributed by atoms with Crippen LogP contribution in [-0.2, 0) is 17.8 Å². The molecule has 3 aliphatic rings. The molecule has 152 valence electrons. The normalized spacial score (nSPS) is 22.9. The monoisotopic (exact) mass is 394 g/mol. The quantitative estimate of drug-likeness (QED) is 0.814. The number of carbonyl (C=O) groups is 2. The topological polar surface area (TPSA) is 87.5 Å². The summed E-state index contributed by atoms with van der Waals surface area (Å²) >= 11 is 0. The first-order valence-electron chi connectivity index (χ1n) is 10.4. The highest BCUT2D eigenvalue weighted by atomic mass is 16.4. The van der Waals surface area contributed by atoms with Crippen molar-refractivity contribution in [3.63, 3.8) is 0 Å². The van der Waals surface area contributed by atoms with Gasteiger partial charge in [0.05, 0.1) is 0 Å². The second-order valence-electron chi connectivity index (χ2n) is 8.59. The smallest absolute Gasteiger partial charge is 0.356 e. The predicted octanol–water partition coefficient (Wildman–Crippen LogP) is 2.65. The van der Waals surface area contributed by atoms with Crippen LogP contribution in [0, 0.1) is 12.8 Å². The number of para-hydroxylation sites is 1. The molecule has 2 aliphatic carbocycles. The minimum Gasteiger partial charge on any atom is -0.476 e. The van der Waals surface area contributed by atoms with Crippen LogP contribution in [0.2, 0.25) is 0 Å². The van der Waals surface area contributed by atoms with Crippen LogP contribution in [-0.4, -0.2) is 50.8 Å². The van der Waals surface area contributed by atoms with Crippen molar-refractivity contribution in [2.24, 2.45) is 5.92 Å². The number of aromatic carboxylic acids is 1. The number of carboxylic acid groups (broad SMARTS) is 1. The van der Waals surface area contributed by atoms with Gasteiger partial charge in [0.15, 0.2) is 5.69 Å². The molecule has 29 heavy (non-hydrogen) atoms. The molecule has 0 bridgehead atoms. The van der Waals surface area contributed by atoms with Crippen LogP contribution in [0.5, 0.6) is 0 Å². The first kappa shape index (κ1) is 18.2. The van der Waals surface area contributed by atoms with Gasteiger partial charge in [-0.05, 0) is 56.1 Å². The van der Waals surface area contributed by atoms with Crippen LogP contribution in [0.3, 0.4) is 0 Å². The number of hydrogen-bond acceptors (Lipinski definition) is 4. The minimum atomic E-state index is -0.983. The van der Waals surface area contributed by atoms with Crippen LogP contribution in [0.1, 0.15) is 52.5 Å². The number of nitrogens with one attached hydrogen (secondary N) is 1. The number of carbonyl (C=O) groups excluding carboxylic acids is 1. The van der Waals surface area contributed by atoms with E-state index in [1.807, 2.05) is 17.0 Å². The fraction of sp³-hybridized carbons (Fsp3) is 0.500. The zero-order valence-electron chi connectivity index (χ0n) is 16.6. The van der Waals surface area contributed by atoms with Crippen molar-refractivity contribution in [2.75, 3.05) is 18.4 Å². The Kier molecular flexibility index (Phi) is 4.33. The molecule has 2 N–H and O–H groups in total. The Bertz CT molecular complexity index is 974. The van der Waals surface area contributed by atoms with Gasteiger partial charge in [-0.2, -0.15) is 5.10 Å². The third-order valence-electron chi connectivity index (χ3n) is 6.69. The average molecular weight is 394 g/mol. The molecule has 2 fully saturated rings. The van der Waals surface area contributed by atoms with E-state index in [4.69, 9.17) is 0 Å². The Morgan fingerprint density at radius 3 is 2.72 bits per heavy atom. The van der Waals surface area contributed by atoms with Crippen molar-refractivity contribution in [2.45, 2.75) is 51.1 Å². The lowest BCUT2D eigenvalue weighted by atomic mass is 10.0. The number of aromatic nitrogens is 2. The molecule has 1 aliphatic heterocycles. The van der Waals surface area contributed by atoms with Crippen molar-refractivity contribution >= 4 is 17.6 Å². The van der Waals surface area contributed by atoms with Crippen molar-refractivity contribution in [3.05, 3.63) is 46.8 Å². The maximum Gasteiger partial charge on any atom is 0.356 e. The first-order chi connectivity index (χ1) is 14.0. The molecule has 0 radical (unpaired) electrons. The summed E-state index contributed by atoms with van der Waals surface area (Å²) in [6.07, 6.45) is 3.73. The van der Waals surface area contributed by atoms with Gasteiger partial charge in [-0.25, -0.2) is 4.79 Å². The van der Waals surface area contributed by atoms with Crippen LogP contribution >= 0.6 is 0 Å². The number of benzene rings is 1. The largest absolute Gasteiger partial charge is 0.476 e. The molecule has 1 aromatic carbocycles. The van der Waals surface area contributed by atoms with E-state index in [0.29, 0.717) is 31.0 Å². The van der Waals surface area contributed by atoms with E-state index in [2.05, 4.69) is 29.5 Å². The van der Waals surface area contributed by atoms with Gasteiger partial charge in [0.2, 0.25) is 5.91 Å². The number of fused-ring (bicyclic) bond motifs is 3. The lowest BCUT2D eigenvalue weighted by molar-refractivity contribution is -0.133. The Hall–Kier alpha value is -2.83. The summed E-state index contributed by atoms with van der Waals surface area (Å²) in [6.45, 7) is 3.66. The van der Waals surface area contributed by atoms with E-state index in [0.717, 1.165) is 42.6 Å². The van der Waals surface area contributed by atoms with Crippen LogP contribution in [0.15, 0.2) is 24.3 Å². The van der Waals surface area contributed by atoms with Gasteiger partial charge < -0.3 is 15.3 Å². The fourth-order valence-electron chi connectivity index (χ4n) is 4.94. The second-order valence-corrected chi connectivity index (χ2v) is 8.59. The molecule has 0 unspecified atom stereocenters. The molecule has 1 saturated carbocycles. The molecule has 5 rings (SSSR count). The summed E-state index contributed by atoms with van der Waals surface area (Å²) in [6, 6.07) is 8.62. The third-order valence-corrected chi connectivity index (χ3v) is 6.69. The van der Waals surface area contributed by atoms with Gasteiger partial charge in [-0.15, -0.1) is 0 Å². The predicted molar refractivity (Wildman–Crippen MR) is 108 cm³/mol. The van der Waals surface area contributed by atoms with Crippen molar-refractivity contribution in [1.29, 1.82) is 0 Å². The third kappa shape index (κ3) is 3.28. The van der Waals surface area contributed by atoms with Gasteiger partial charge in [0, 0.05) is 36.1 Å². The zero-order chi connectivity index (χ0) is 20.1. The molecule has 0 spiro atoms. The number of anilines is 1. The number of hydrogen-bond donors (Lipinski definition) is 2.